The number of carbonyl (C=O) groups is 1. The van der Waals surface area contributed by atoms with E-state index >= 15 is 0 Å². The fourth-order valence-corrected chi connectivity index (χ4v) is 4.21. The van der Waals surface area contributed by atoms with Crippen LogP contribution in [0.5, 0.6) is 0 Å². The molecule has 1 aliphatic heterocycles. The summed E-state index contributed by atoms with van der Waals surface area (Å²) in [6, 6.07) is 8.04. The fraction of sp³-hybridized carbons (Fsp3) is 0.417. The molecule has 0 radical (unpaired) electrons. The van der Waals surface area contributed by atoms with Crippen LogP contribution in [-0.2, 0) is 16.8 Å². The van der Waals surface area contributed by atoms with Crippen molar-refractivity contribution < 1.29 is 9.53 Å². The summed E-state index contributed by atoms with van der Waals surface area (Å²) in [7, 11) is 0. The predicted molar refractivity (Wildman–Crippen MR) is 130 cm³/mol. The summed E-state index contributed by atoms with van der Waals surface area (Å²) in [5.74, 6) is 0.369. The van der Waals surface area contributed by atoms with Gasteiger partial charge in [0.25, 0.3) is 5.91 Å². The second kappa shape index (κ2) is 8.69. The molecule has 1 amide bonds. The number of aryl methyl sites for hydroxylation is 1. The number of carbonyl (C=O) groups excluding carboxylic acids is 1. The van der Waals surface area contributed by atoms with Gasteiger partial charge in [0.1, 0.15) is 11.4 Å². The summed E-state index contributed by atoms with van der Waals surface area (Å²) in [5.41, 5.74) is 5.15. The van der Waals surface area contributed by atoms with E-state index < -0.39 is 0 Å². The third kappa shape index (κ3) is 4.46. The molecule has 0 bridgehead atoms. The minimum absolute atomic E-state index is 0.248. The average Bonchev–Trinajstić information content (AvgIpc) is 3.51. The van der Waals surface area contributed by atoms with Crippen LogP contribution < -0.4 is 5.32 Å². The van der Waals surface area contributed by atoms with Crippen molar-refractivity contribution in [1.29, 1.82) is 0 Å². The van der Waals surface area contributed by atoms with Gasteiger partial charge in [-0.15, -0.1) is 0 Å². The molecule has 3 aromatic heterocycles. The highest BCUT2D eigenvalue weighted by atomic mass is 16.5. The number of rotatable bonds is 5. The number of imidazole rings is 1. The molecule has 1 aliphatic rings. The number of hydrogen-bond acceptors (Lipinski definition) is 6. The van der Waals surface area contributed by atoms with Crippen LogP contribution in [0.25, 0.3) is 22.6 Å². The molecule has 10 heteroatoms. The van der Waals surface area contributed by atoms with Gasteiger partial charge in [0.2, 0.25) is 0 Å². The topological polar surface area (TPSA) is 117 Å². The molecule has 0 saturated carbocycles. The zero-order chi connectivity index (χ0) is 23.9. The zero-order valence-electron chi connectivity index (χ0n) is 20.0. The van der Waals surface area contributed by atoms with Crippen LogP contribution in [0.1, 0.15) is 42.5 Å². The molecular weight excluding hydrogens is 432 g/mol. The summed E-state index contributed by atoms with van der Waals surface area (Å²) in [4.78, 5) is 23.6. The van der Waals surface area contributed by atoms with Crippen molar-refractivity contribution in [1.82, 2.24) is 34.8 Å². The molecule has 34 heavy (non-hydrogen) atoms. The lowest BCUT2D eigenvalue weighted by molar-refractivity contribution is 0.0342. The van der Waals surface area contributed by atoms with Gasteiger partial charge in [-0.2, -0.15) is 10.2 Å². The quantitative estimate of drug-likeness (QED) is 0.419. The Labute approximate surface area is 197 Å². The molecule has 0 spiro atoms. The van der Waals surface area contributed by atoms with E-state index in [9.17, 15) is 4.79 Å². The van der Waals surface area contributed by atoms with E-state index in [0.717, 1.165) is 49.6 Å². The standard InChI is InChI=1S/C24H30N8O2/c1-15-11-20(32(30-15)24(2,3)4)23(33)28-19-13-25-29-21(19)22-26-17-6-5-16(12-18(17)27-22)14-31-7-9-34-10-8-31/h5-6,11-13H,7-10,14H2,1-4H3,(H,25,29)(H,26,27)(H,28,33). The van der Waals surface area contributed by atoms with E-state index in [2.05, 4.69) is 42.6 Å². The minimum Gasteiger partial charge on any atom is -0.379 e. The smallest absolute Gasteiger partial charge is 0.274 e. The molecule has 1 fully saturated rings. The summed E-state index contributed by atoms with van der Waals surface area (Å²) in [5, 5.41) is 14.6. The summed E-state index contributed by atoms with van der Waals surface area (Å²) in [6.07, 6.45) is 1.59. The van der Waals surface area contributed by atoms with Crippen LogP contribution in [0.2, 0.25) is 0 Å². The molecule has 1 aromatic carbocycles. The van der Waals surface area contributed by atoms with Gasteiger partial charge >= 0.3 is 0 Å². The zero-order valence-corrected chi connectivity index (χ0v) is 20.0. The number of fused-ring (bicyclic) bond motifs is 1. The molecule has 0 aliphatic carbocycles. The van der Waals surface area contributed by atoms with Crippen LogP contribution in [0.15, 0.2) is 30.5 Å². The van der Waals surface area contributed by atoms with Gasteiger partial charge in [-0.05, 0) is 51.5 Å². The van der Waals surface area contributed by atoms with Crippen molar-refractivity contribution >= 4 is 22.6 Å². The van der Waals surface area contributed by atoms with Crippen LogP contribution >= 0.6 is 0 Å². The molecule has 10 nitrogen and oxygen atoms in total. The van der Waals surface area contributed by atoms with Gasteiger partial charge in [-0.1, -0.05) is 6.07 Å². The lowest BCUT2D eigenvalue weighted by atomic mass is 10.1. The number of aromatic nitrogens is 6. The number of nitrogens with one attached hydrogen (secondary N) is 3. The fourth-order valence-electron chi connectivity index (χ4n) is 4.21. The van der Waals surface area contributed by atoms with E-state index in [4.69, 9.17) is 9.72 Å². The Morgan fingerprint density at radius 1 is 1.21 bits per heavy atom. The molecule has 4 aromatic rings. The highest BCUT2D eigenvalue weighted by Crippen LogP contribution is 2.27. The van der Waals surface area contributed by atoms with Crippen molar-refractivity contribution in [2.45, 2.75) is 39.8 Å². The van der Waals surface area contributed by atoms with Gasteiger partial charge < -0.3 is 15.0 Å². The number of ether oxygens (including phenoxy) is 1. The van der Waals surface area contributed by atoms with Crippen LogP contribution in [0, 0.1) is 6.92 Å². The highest BCUT2D eigenvalue weighted by Gasteiger charge is 2.24. The number of nitrogens with zero attached hydrogens (tertiary/aromatic N) is 5. The van der Waals surface area contributed by atoms with E-state index in [1.807, 2.05) is 33.8 Å². The molecule has 3 N–H and O–H groups in total. The normalized spacial score (nSPS) is 15.2. The van der Waals surface area contributed by atoms with Gasteiger partial charge in [-0.3, -0.25) is 19.5 Å². The first kappa shape index (κ1) is 22.3. The van der Waals surface area contributed by atoms with Crippen molar-refractivity contribution in [2.24, 2.45) is 0 Å². The van der Waals surface area contributed by atoms with Crippen molar-refractivity contribution in [3.05, 3.63) is 47.4 Å². The summed E-state index contributed by atoms with van der Waals surface area (Å²) >= 11 is 0. The Morgan fingerprint density at radius 3 is 2.76 bits per heavy atom. The minimum atomic E-state index is -0.322. The molecular formula is C24H30N8O2. The maximum absolute atomic E-state index is 13.1. The van der Waals surface area contributed by atoms with Crippen LogP contribution in [0.3, 0.4) is 0 Å². The number of anilines is 1. The van der Waals surface area contributed by atoms with E-state index in [1.54, 1.807) is 16.9 Å². The first-order chi connectivity index (χ1) is 16.3. The van der Waals surface area contributed by atoms with Gasteiger partial charge in [0.15, 0.2) is 5.82 Å². The Morgan fingerprint density at radius 2 is 2.00 bits per heavy atom. The second-order valence-electron chi connectivity index (χ2n) is 9.69. The third-order valence-electron chi connectivity index (χ3n) is 5.88. The summed E-state index contributed by atoms with van der Waals surface area (Å²) < 4.78 is 7.19. The summed E-state index contributed by atoms with van der Waals surface area (Å²) in [6.45, 7) is 12.2. The first-order valence-electron chi connectivity index (χ1n) is 11.5. The van der Waals surface area contributed by atoms with Gasteiger partial charge in [0, 0.05) is 19.6 Å². The molecule has 0 atom stereocenters. The predicted octanol–water partition coefficient (Wildman–Crippen LogP) is 3.30. The molecule has 5 rings (SSSR count). The Balaban J connectivity index is 1.38. The second-order valence-corrected chi connectivity index (χ2v) is 9.69. The number of aromatic amines is 2. The number of benzene rings is 1. The maximum atomic E-state index is 13.1. The monoisotopic (exact) mass is 462 g/mol. The maximum Gasteiger partial charge on any atom is 0.274 e. The Hall–Kier alpha value is -3.50. The number of H-pyrrole nitrogens is 2. The van der Waals surface area contributed by atoms with Gasteiger partial charge in [0.05, 0.1) is 47.4 Å². The largest absolute Gasteiger partial charge is 0.379 e. The lowest BCUT2D eigenvalue weighted by Crippen LogP contribution is -2.35. The number of morpholine rings is 1. The van der Waals surface area contributed by atoms with E-state index in [1.165, 1.54) is 5.56 Å². The van der Waals surface area contributed by atoms with E-state index in [-0.39, 0.29) is 11.4 Å². The average molecular weight is 463 g/mol. The molecule has 178 valence electrons. The van der Waals surface area contributed by atoms with Crippen molar-refractivity contribution in [3.63, 3.8) is 0 Å². The van der Waals surface area contributed by atoms with Crippen molar-refractivity contribution in [3.8, 4) is 11.5 Å². The van der Waals surface area contributed by atoms with E-state index in [0.29, 0.717) is 22.9 Å². The number of hydrogen-bond donors (Lipinski definition) is 3. The Bertz CT molecular complexity index is 1320. The van der Waals surface area contributed by atoms with Crippen LogP contribution in [-0.4, -0.2) is 67.1 Å². The highest BCUT2D eigenvalue weighted by molar-refractivity contribution is 6.05. The molecule has 4 heterocycles. The number of amides is 1. The Kier molecular flexibility index (Phi) is 5.70. The lowest BCUT2D eigenvalue weighted by Gasteiger charge is -2.26. The van der Waals surface area contributed by atoms with Crippen molar-refractivity contribution in [2.75, 3.05) is 31.6 Å². The first-order valence-corrected chi connectivity index (χ1v) is 11.5. The third-order valence-corrected chi connectivity index (χ3v) is 5.88. The molecule has 0 unspecified atom stereocenters. The molecule has 1 saturated heterocycles. The van der Waals surface area contributed by atoms with Gasteiger partial charge in [-0.25, -0.2) is 4.98 Å². The van der Waals surface area contributed by atoms with Crippen LogP contribution in [0.4, 0.5) is 5.69 Å². The SMILES string of the molecule is Cc1cc(C(=O)Nc2cn[nH]c2-c2nc3ccc(CN4CCOCC4)cc3[nH]2)n(C(C)(C)C)n1.